The molecule has 0 aromatic rings. The van der Waals surface area contributed by atoms with Gasteiger partial charge in [-0.1, -0.05) is 54.9 Å². The fraction of sp³-hybridized carbons (Fsp3) is 0.600. The van der Waals surface area contributed by atoms with Crippen LogP contribution in [0.5, 0.6) is 0 Å². The van der Waals surface area contributed by atoms with Crippen molar-refractivity contribution < 1.29 is 0 Å². The molecule has 2 aliphatic carbocycles. The second-order valence-electron chi connectivity index (χ2n) is 5.54. The van der Waals surface area contributed by atoms with Gasteiger partial charge in [-0.3, -0.25) is 0 Å². The van der Waals surface area contributed by atoms with Crippen molar-refractivity contribution in [3.8, 4) is 0 Å². The fourth-order valence-corrected chi connectivity index (χ4v) is 3.18. The molecule has 2 rings (SSSR count). The van der Waals surface area contributed by atoms with Gasteiger partial charge in [-0.05, 0) is 47.8 Å². The third-order valence-electron chi connectivity index (χ3n) is 3.83. The molecule has 0 aromatic carbocycles. The Balaban J connectivity index is 2.27. The number of hydrogen-bond donors (Lipinski definition) is 0. The summed E-state index contributed by atoms with van der Waals surface area (Å²) in [5, 5.41) is 0. The molecule has 3 atom stereocenters. The third-order valence-corrected chi connectivity index (χ3v) is 5.57. The summed E-state index contributed by atoms with van der Waals surface area (Å²) in [5.74, 6) is 2.09. The Kier molecular flexibility index (Phi) is 3.44. The Hall–Kier alpha value is -0.300. The molecule has 0 saturated carbocycles. The molecular formula is C15H21Br. The Bertz CT molecular complexity index is 371. The molecule has 2 aliphatic rings. The highest BCUT2D eigenvalue weighted by atomic mass is 79.9. The number of hydrogen-bond acceptors (Lipinski definition) is 0. The highest BCUT2D eigenvalue weighted by Crippen LogP contribution is 2.42. The topological polar surface area (TPSA) is 0 Å². The van der Waals surface area contributed by atoms with Crippen LogP contribution in [0.2, 0.25) is 0 Å². The molecule has 0 aromatic heterocycles. The zero-order valence-corrected chi connectivity index (χ0v) is 12.2. The van der Waals surface area contributed by atoms with E-state index in [0.29, 0.717) is 22.6 Å². The van der Waals surface area contributed by atoms with E-state index < -0.39 is 0 Å². The van der Waals surface area contributed by atoms with Crippen molar-refractivity contribution in [1.82, 2.24) is 0 Å². The number of alkyl halides is 1. The van der Waals surface area contributed by atoms with E-state index >= 15 is 0 Å². The minimum absolute atomic E-state index is 0.609. The molecule has 3 unspecified atom stereocenters. The maximum Gasteiger partial charge on any atom is 0.0232 e. The van der Waals surface area contributed by atoms with Crippen molar-refractivity contribution in [2.24, 2.45) is 17.8 Å². The fourth-order valence-electron chi connectivity index (χ4n) is 2.81. The van der Waals surface area contributed by atoms with Crippen molar-refractivity contribution in [1.29, 1.82) is 0 Å². The summed E-state index contributed by atoms with van der Waals surface area (Å²) >= 11 is 3.86. The lowest BCUT2D eigenvalue weighted by Crippen LogP contribution is -2.25. The van der Waals surface area contributed by atoms with Crippen LogP contribution < -0.4 is 0 Å². The van der Waals surface area contributed by atoms with Crippen molar-refractivity contribution >= 4 is 15.9 Å². The molecule has 0 aliphatic heterocycles. The monoisotopic (exact) mass is 280 g/mol. The van der Waals surface area contributed by atoms with E-state index in [2.05, 4.69) is 61.9 Å². The minimum atomic E-state index is 0.609. The lowest BCUT2D eigenvalue weighted by Gasteiger charge is -2.32. The van der Waals surface area contributed by atoms with Gasteiger partial charge in [-0.2, -0.15) is 0 Å². The van der Waals surface area contributed by atoms with E-state index in [-0.39, 0.29) is 0 Å². The smallest absolute Gasteiger partial charge is 0.0232 e. The lowest BCUT2D eigenvalue weighted by atomic mass is 9.76. The van der Waals surface area contributed by atoms with E-state index in [4.69, 9.17) is 0 Å². The van der Waals surface area contributed by atoms with Crippen LogP contribution in [0, 0.1) is 17.8 Å². The van der Waals surface area contributed by atoms with Crippen LogP contribution in [-0.4, -0.2) is 4.83 Å². The van der Waals surface area contributed by atoms with Crippen molar-refractivity contribution in [3.63, 3.8) is 0 Å². The van der Waals surface area contributed by atoms with Gasteiger partial charge < -0.3 is 0 Å². The van der Waals surface area contributed by atoms with Crippen LogP contribution in [-0.2, 0) is 0 Å². The highest BCUT2D eigenvalue weighted by Gasteiger charge is 2.30. The van der Waals surface area contributed by atoms with Gasteiger partial charge >= 0.3 is 0 Å². The molecular weight excluding hydrogens is 260 g/mol. The number of fused-ring (bicyclic) bond motifs is 1. The van der Waals surface area contributed by atoms with Gasteiger partial charge in [0.05, 0.1) is 0 Å². The quantitative estimate of drug-likeness (QED) is 0.633. The number of allylic oxidation sites excluding steroid dienone is 6. The van der Waals surface area contributed by atoms with Gasteiger partial charge in [0, 0.05) is 4.83 Å². The largest absolute Gasteiger partial charge is 0.0881 e. The first-order valence-electron chi connectivity index (χ1n) is 6.25. The lowest BCUT2D eigenvalue weighted by molar-refractivity contribution is 0.416. The molecule has 0 heterocycles. The molecule has 0 N–H and O–H groups in total. The second-order valence-corrected chi connectivity index (χ2v) is 6.60. The summed E-state index contributed by atoms with van der Waals surface area (Å²) in [7, 11) is 0. The molecule has 0 fully saturated rings. The zero-order chi connectivity index (χ0) is 11.9. The van der Waals surface area contributed by atoms with Gasteiger partial charge in [0.15, 0.2) is 0 Å². The summed E-state index contributed by atoms with van der Waals surface area (Å²) in [6.45, 7) is 9.18. The molecule has 0 amide bonds. The van der Waals surface area contributed by atoms with Crippen LogP contribution in [0.1, 0.15) is 34.1 Å². The maximum absolute atomic E-state index is 3.86. The van der Waals surface area contributed by atoms with Crippen LogP contribution >= 0.6 is 15.9 Å². The predicted octanol–water partition coefficient (Wildman–Crippen LogP) is 4.87. The van der Waals surface area contributed by atoms with E-state index in [0.717, 1.165) is 0 Å². The normalized spacial score (nSPS) is 30.8. The SMILES string of the molecule is CC1=CC=C2C1=CC(C(Br)C(C)C)CC2C. The number of halogens is 1. The Morgan fingerprint density at radius 1 is 1.31 bits per heavy atom. The first-order chi connectivity index (χ1) is 7.50. The Labute approximate surface area is 108 Å². The summed E-state index contributed by atoms with van der Waals surface area (Å²) in [6.07, 6.45) is 8.34. The van der Waals surface area contributed by atoms with Crippen LogP contribution in [0.3, 0.4) is 0 Å². The van der Waals surface area contributed by atoms with Crippen LogP contribution in [0.25, 0.3) is 0 Å². The number of rotatable bonds is 2. The van der Waals surface area contributed by atoms with Gasteiger partial charge in [-0.25, -0.2) is 0 Å². The molecule has 0 saturated heterocycles. The van der Waals surface area contributed by atoms with E-state index in [9.17, 15) is 0 Å². The van der Waals surface area contributed by atoms with Crippen LogP contribution in [0.4, 0.5) is 0 Å². The van der Waals surface area contributed by atoms with Gasteiger partial charge in [-0.15, -0.1) is 0 Å². The van der Waals surface area contributed by atoms with Crippen LogP contribution in [0.15, 0.2) is 34.9 Å². The third kappa shape index (κ3) is 2.07. The molecule has 88 valence electrons. The van der Waals surface area contributed by atoms with E-state index in [1.807, 2.05) is 0 Å². The van der Waals surface area contributed by atoms with Crippen molar-refractivity contribution in [2.45, 2.75) is 38.9 Å². The maximum atomic E-state index is 3.86. The standard InChI is InChI=1S/C15H21Br/c1-9(2)15(16)12-7-11(4)13-6-5-10(3)14(13)8-12/h5-6,8-9,11-12,15H,7H2,1-4H3. The molecule has 0 nitrogen and oxygen atoms in total. The minimum Gasteiger partial charge on any atom is -0.0881 e. The van der Waals surface area contributed by atoms with E-state index in [1.165, 1.54) is 17.6 Å². The summed E-state index contributed by atoms with van der Waals surface area (Å²) < 4.78 is 0. The molecule has 0 spiro atoms. The summed E-state index contributed by atoms with van der Waals surface area (Å²) in [6, 6.07) is 0. The second kappa shape index (κ2) is 4.52. The first kappa shape index (κ1) is 12.2. The molecule has 0 bridgehead atoms. The molecule has 16 heavy (non-hydrogen) atoms. The molecule has 0 radical (unpaired) electrons. The average Bonchev–Trinajstić information content (AvgIpc) is 2.60. The Morgan fingerprint density at radius 2 is 2.00 bits per heavy atom. The zero-order valence-electron chi connectivity index (χ0n) is 10.6. The van der Waals surface area contributed by atoms with Crippen molar-refractivity contribution in [3.05, 3.63) is 34.9 Å². The first-order valence-corrected chi connectivity index (χ1v) is 7.17. The van der Waals surface area contributed by atoms with Gasteiger partial charge in [0.2, 0.25) is 0 Å². The highest BCUT2D eigenvalue weighted by molar-refractivity contribution is 9.09. The van der Waals surface area contributed by atoms with Gasteiger partial charge in [0.1, 0.15) is 0 Å². The summed E-state index contributed by atoms with van der Waals surface area (Å²) in [4.78, 5) is 0.609. The summed E-state index contributed by atoms with van der Waals surface area (Å²) in [5.41, 5.74) is 4.50. The predicted molar refractivity (Wildman–Crippen MR) is 74.7 cm³/mol. The molecule has 1 heteroatoms. The van der Waals surface area contributed by atoms with Gasteiger partial charge in [0.25, 0.3) is 0 Å². The Morgan fingerprint density at radius 3 is 2.62 bits per heavy atom. The van der Waals surface area contributed by atoms with E-state index in [1.54, 1.807) is 5.57 Å². The average molecular weight is 281 g/mol. The van der Waals surface area contributed by atoms with Crippen molar-refractivity contribution in [2.75, 3.05) is 0 Å².